The van der Waals surface area contributed by atoms with Gasteiger partial charge in [0.2, 0.25) is 11.8 Å². The molecule has 1 aromatic rings. The van der Waals surface area contributed by atoms with Gasteiger partial charge in [0, 0.05) is 23.9 Å². The van der Waals surface area contributed by atoms with Crippen LogP contribution in [-0.4, -0.2) is 65.3 Å². The summed E-state index contributed by atoms with van der Waals surface area (Å²) in [5, 5.41) is 12.5. The van der Waals surface area contributed by atoms with Crippen molar-refractivity contribution in [3.63, 3.8) is 0 Å². The van der Waals surface area contributed by atoms with Crippen LogP contribution in [0.4, 0.5) is 5.69 Å². The number of rotatable bonds is 9. The number of ether oxygens (including phenoxy) is 2. The number of aliphatic hydroxyl groups is 1. The number of unbranched alkanes of at least 4 members (excludes halogenated alkanes) is 2. The number of amides is 2. The Bertz CT molecular complexity index is 878. The second kappa shape index (κ2) is 9.37. The van der Waals surface area contributed by atoms with Gasteiger partial charge in [-0.25, -0.2) is 0 Å². The maximum atomic E-state index is 13.6. The van der Waals surface area contributed by atoms with Gasteiger partial charge in [0.1, 0.15) is 11.6 Å². The zero-order chi connectivity index (χ0) is 22.9. The minimum Gasteiger partial charge on any atom is -0.466 e. The van der Waals surface area contributed by atoms with Gasteiger partial charge in [-0.1, -0.05) is 11.6 Å². The maximum absolute atomic E-state index is 13.6. The van der Waals surface area contributed by atoms with E-state index in [0.29, 0.717) is 42.9 Å². The predicted molar refractivity (Wildman–Crippen MR) is 117 cm³/mol. The summed E-state index contributed by atoms with van der Waals surface area (Å²) in [5.74, 6) is -2.42. The molecule has 5 atom stereocenters. The summed E-state index contributed by atoms with van der Waals surface area (Å²) in [6, 6.07) is 5.92. The third kappa shape index (κ3) is 3.89. The van der Waals surface area contributed by atoms with Gasteiger partial charge < -0.3 is 24.8 Å². The number of esters is 1. The highest BCUT2D eigenvalue weighted by molar-refractivity contribution is 6.30. The lowest BCUT2D eigenvalue weighted by Crippen LogP contribution is -2.53. The van der Waals surface area contributed by atoms with E-state index in [1.807, 2.05) is 0 Å². The van der Waals surface area contributed by atoms with Gasteiger partial charge in [-0.3, -0.25) is 14.4 Å². The summed E-state index contributed by atoms with van der Waals surface area (Å²) < 4.78 is 11.5. The molecule has 4 rings (SSSR count). The average molecular weight is 465 g/mol. The van der Waals surface area contributed by atoms with E-state index in [4.69, 9.17) is 26.2 Å². The summed E-state index contributed by atoms with van der Waals surface area (Å²) in [5.41, 5.74) is -0.464. The molecule has 1 aromatic carbocycles. The largest absolute Gasteiger partial charge is 0.466 e. The van der Waals surface area contributed by atoms with Crippen LogP contribution in [0.2, 0.25) is 5.02 Å². The molecule has 3 aliphatic rings. The number of nitrogens with one attached hydrogen (secondary N) is 1. The zero-order valence-electron chi connectivity index (χ0n) is 18.1. The number of anilines is 1. The molecule has 8 nitrogen and oxygen atoms in total. The molecule has 0 unspecified atom stereocenters. The molecule has 3 aliphatic heterocycles. The topological polar surface area (TPSA) is 105 Å². The number of likely N-dealkylation sites (tertiary alicyclic amines) is 1. The van der Waals surface area contributed by atoms with Crippen LogP contribution in [0.5, 0.6) is 0 Å². The Morgan fingerprint density at radius 3 is 2.72 bits per heavy atom. The van der Waals surface area contributed by atoms with Gasteiger partial charge >= 0.3 is 5.97 Å². The highest BCUT2D eigenvalue weighted by Gasteiger charge is 2.74. The zero-order valence-corrected chi connectivity index (χ0v) is 18.8. The third-order valence-electron chi connectivity index (χ3n) is 6.78. The van der Waals surface area contributed by atoms with Crippen molar-refractivity contribution in [3.8, 4) is 0 Å². The van der Waals surface area contributed by atoms with Crippen molar-refractivity contribution in [2.45, 2.75) is 56.8 Å². The third-order valence-corrected chi connectivity index (χ3v) is 7.03. The smallest absolute Gasteiger partial charge is 0.312 e. The summed E-state index contributed by atoms with van der Waals surface area (Å²) in [6.45, 7) is 2.39. The van der Waals surface area contributed by atoms with E-state index >= 15 is 0 Å². The van der Waals surface area contributed by atoms with E-state index in [1.54, 1.807) is 36.1 Å². The fourth-order valence-corrected chi connectivity index (χ4v) is 5.64. The first-order valence-corrected chi connectivity index (χ1v) is 11.6. The molecule has 0 aromatic heterocycles. The average Bonchev–Trinajstić information content (AvgIpc) is 3.40. The summed E-state index contributed by atoms with van der Waals surface area (Å²) in [6.07, 6.45) is 2.74. The van der Waals surface area contributed by atoms with Crippen LogP contribution in [-0.2, 0) is 23.9 Å². The van der Waals surface area contributed by atoms with Gasteiger partial charge in [-0.15, -0.1) is 0 Å². The molecule has 2 N–H and O–H groups in total. The predicted octanol–water partition coefficient (Wildman–Crippen LogP) is 2.38. The molecule has 1 spiro atoms. The van der Waals surface area contributed by atoms with E-state index < -0.39 is 35.6 Å². The van der Waals surface area contributed by atoms with Gasteiger partial charge in [-0.05, 0) is 63.3 Å². The number of benzene rings is 1. The molecule has 32 heavy (non-hydrogen) atoms. The maximum Gasteiger partial charge on any atom is 0.312 e. The first-order chi connectivity index (χ1) is 15.4. The van der Waals surface area contributed by atoms with E-state index in [-0.39, 0.29) is 25.0 Å². The molecule has 3 saturated heterocycles. The van der Waals surface area contributed by atoms with Crippen molar-refractivity contribution < 1.29 is 29.0 Å². The minimum absolute atomic E-state index is 0.0801. The van der Waals surface area contributed by atoms with Crippen LogP contribution < -0.4 is 5.32 Å². The Balaban J connectivity index is 1.63. The minimum atomic E-state index is -1.04. The number of nitrogens with zero attached hydrogens (tertiary/aromatic N) is 1. The fraction of sp³-hybridized carbons (Fsp3) is 0.609. The summed E-state index contributed by atoms with van der Waals surface area (Å²) in [7, 11) is 0. The van der Waals surface area contributed by atoms with Crippen LogP contribution in [0, 0.1) is 11.8 Å². The fourth-order valence-electron chi connectivity index (χ4n) is 5.51. The first-order valence-electron chi connectivity index (χ1n) is 11.2. The Labute approximate surface area is 192 Å². The number of halogens is 1. The van der Waals surface area contributed by atoms with Gasteiger partial charge in [0.15, 0.2) is 0 Å². The van der Waals surface area contributed by atoms with Crippen molar-refractivity contribution in [2.75, 3.05) is 25.1 Å². The van der Waals surface area contributed by atoms with Crippen molar-refractivity contribution >= 4 is 35.1 Å². The molecule has 2 amide bonds. The number of fused-ring (bicyclic) bond motifs is 1. The molecule has 174 valence electrons. The lowest BCUT2D eigenvalue weighted by Gasteiger charge is -2.33. The van der Waals surface area contributed by atoms with Crippen molar-refractivity contribution in [2.24, 2.45) is 11.8 Å². The van der Waals surface area contributed by atoms with E-state index in [9.17, 15) is 14.4 Å². The molecule has 0 aliphatic carbocycles. The normalized spacial score (nSPS) is 30.5. The molecule has 2 bridgehead atoms. The van der Waals surface area contributed by atoms with Crippen molar-refractivity contribution in [1.29, 1.82) is 0 Å². The number of hydrogen-bond acceptors (Lipinski definition) is 6. The van der Waals surface area contributed by atoms with Crippen LogP contribution in [0.15, 0.2) is 24.3 Å². The molecular weight excluding hydrogens is 436 g/mol. The Morgan fingerprint density at radius 1 is 1.28 bits per heavy atom. The van der Waals surface area contributed by atoms with Gasteiger partial charge in [0.25, 0.3) is 0 Å². The standard InChI is InChI=1S/C23H29ClN2O6/c1-2-31-22(30)17-16-10-11-23(32-16)18(17)21(29)26(12-4-3-5-13-27)19(23)20(28)25-15-8-6-14(24)7-9-15/h6-9,16-19,27H,2-5,10-13H2,1H3,(H,25,28)/t16-,17+,18+,19-,23+/m1/s1. The lowest BCUT2D eigenvalue weighted by atomic mass is 9.71. The molecular formula is C23H29ClN2O6. The number of hydrogen-bond donors (Lipinski definition) is 2. The van der Waals surface area contributed by atoms with E-state index in [1.165, 1.54) is 0 Å². The molecule has 0 radical (unpaired) electrons. The van der Waals surface area contributed by atoms with E-state index in [2.05, 4.69) is 5.32 Å². The number of carbonyl (C=O) groups is 3. The van der Waals surface area contributed by atoms with Gasteiger partial charge in [0.05, 0.1) is 24.5 Å². The molecule has 3 fully saturated rings. The molecule has 9 heteroatoms. The summed E-state index contributed by atoms with van der Waals surface area (Å²) in [4.78, 5) is 41.3. The van der Waals surface area contributed by atoms with Crippen LogP contribution in [0.1, 0.15) is 39.0 Å². The van der Waals surface area contributed by atoms with Gasteiger partial charge in [-0.2, -0.15) is 0 Å². The van der Waals surface area contributed by atoms with E-state index in [0.717, 1.165) is 6.42 Å². The monoisotopic (exact) mass is 464 g/mol. The number of aliphatic hydroxyl groups excluding tert-OH is 1. The second-order valence-electron chi connectivity index (χ2n) is 8.62. The Kier molecular flexibility index (Phi) is 6.74. The Morgan fingerprint density at radius 2 is 2.03 bits per heavy atom. The first kappa shape index (κ1) is 23.0. The van der Waals surface area contributed by atoms with Crippen LogP contribution in [0.25, 0.3) is 0 Å². The van der Waals surface area contributed by atoms with Crippen LogP contribution >= 0.6 is 11.6 Å². The quantitative estimate of drug-likeness (QED) is 0.429. The highest BCUT2D eigenvalue weighted by Crippen LogP contribution is 2.58. The second-order valence-corrected chi connectivity index (χ2v) is 9.06. The Hall–Kier alpha value is -2.16. The van der Waals surface area contributed by atoms with Crippen molar-refractivity contribution in [3.05, 3.63) is 29.3 Å². The van der Waals surface area contributed by atoms with Crippen molar-refractivity contribution in [1.82, 2.24) is 4.90 Å². The highest BCUT2D eigenvalue weighted by atomic mass is 35.5. The molecule has 3 heterocycles. The number of carbonyl (C=O) groups excluding carboxylic acids is 3. The van der Waals surface area contributed by atoms with Crippen LogP contribution in [0.3, 0.4) is 0 Å². The lowest BCUT2D eigenvalue weighted by molar-refractivity contribution is -0.154. The SMILES string of the molecule is CCOC(=O)[C@@H]1[C@H]2C(=O)N(CCCCCO)[C@H](C(=O)Nc3ccc(Cl)cc3)[C@]23CC[C@H]1O3. The molecule has 0 saturated carbocycles. The summed E-state index contributed by atoms with van der Waals surface area (Å²) >= 11 is 5.95.